The number of aryl methyl sites for hydroxylation is 1. The van der Waals surface area contributed by atoms with Crippen LogP contribution in [-0.4, -0.2) is 21.9 Å². The Labute approximate surface area is 109 Å². The first-order valence-electron chi connectivity index (χ1n) is 6.81. The molecule has 1 aromatic rings. The fourth-order valence-electron chi connectivity index (χ4n) is 2.00. The Morgan fingerprint density at radius 2 is 1.94 bits per heavy atom. The van der Waals surface area contributed by atoms with Crippen molar-refractivity contribution < 1.29 is 4.79 Å². The number of amides is 1. The zero-order valence-corrected chi connectivity index (χ0v) is 11.8. The monoisotopic (exact) mass is 249 g/mol. The maximum absolute atomic E-state index is 12.1. The summed E-state index contributed by atoms with van der Waals surface area (Å²) < 4.78 is 0. The molecule has 1 amide bonds. The van der Waals surface area contributed by atoms with Gasteiger partial charge < -0.3 is 0 Å². The molecule has 1 heterocycles. The molecule has 0 radical (unpaired) electrons. The van der Waals surface area contributed by atoms with Gasteiger partial charge in [-0.1, -0.05) is 27.7 Å². The molecule has 4 nitrogen and oxygen atoms in total. The van der Waals surface area contributed by atoms with Gasteiger partial charge in [0.05, 0.1) is 0 Å². The van der Waals surface area contributed by atoms with E-state index in [1.165, 1.54) is 0 Å². The second-order valence-electron chi connectivity index (χ2n) is 4.29. The smallest absolute Gasteiger partial charge is 0.232 e. The third kappa shape index (κ3) is 3.28. The predicted molar refractivity (Wildman–Crippen MR) is 73.6 cm³/mol. The zero-order chi connectivity index (χ0) is 13.5. The summed E-state index contributed by atoms with van der Waals surface area (Å²) in [5, 5.41) is 0. The highest BCUT2D eigenvalue weighted by molar-refractivity contribution is 5.91. The van der Waals surface area contributed by atoms with Gasteiger partial charge in [0.25, 0.3) is 0 Å². The molecule has 0 aromatic carbocycles. The minimum Gasteiger partial charge on any atom is -0.278 e. The highest BCUT2D eigenvalue weighted by atomic mass is 16.2. The molecule has 0 saturated heterocycles. The van der Waals surface area contributed by atoms with E-state index in [1.807, 2.05) is 13.0 Å². The average Bonchev–Trinajstić information content (AvgIpc) is 2.43. The molecule has 4 heteroatoms. The predicted octanol–water partition coefficient (Wildman–Crippen LogP) is 2.97. The van der Waals surface area contributed by atoms with Crippen LogP contribution in [0.4, 0.5) is 5.95 Å². The molecule has 1 aromatic heterocycles. The van der Waals surface area contributed by atoms with Crippen molar-refractivity contribution in [3.8, 4) is 0 Å². The highest BCUT2D eigenvalue weighted by Crippen LogP contribution is 2.17. The zero-order valence-electron chi connectivity index (χ0n) is 11.8. The molecule has 18 heavy (non-hydrogen) atoms. The summed E-state index contributed by atoms with van der Waals surface area (Å²) in [5.41, 5.74) is 0.972. The van der Waals surface area contributed by atoms with Gasteiger partial charge in [-0.25, -0.2) is 9.97 Å². The second-order valence-corrected chi connectivity index (χ2v) is 4.29. The van der Waals surface area contributed by atoms with E-state index in [0.717, 1.165) is 25.0 Å². The molecule has 0 spiro atoms. The van der Waals surface area contributed by atoms with Crippen LogP contribution in [0.3, 0.4) is 0 Å². The maximum Gasteiger partial charge on any atom is 0.232 e. The molecular formula is C14H23N3O. The summed E-state index contributed by atoms with van der Waals surface area (Å²) in [5.74, 6) is 0.645. The van der Waals surface area contributed by atoms with Crippen LogP contribution in [0.15, 0.2) is 12.3 Å². The lowest BCUT2D eigenvalue weighted by Gasteiger charge is -2.28. The van der Waals surface area contributed by atoms with Crippen LogP contribution in [0.2, 0.25) is 0 Å². The molecule has 0 atom stereocenters. The summed E-state index contributed by atoms with van der Waals surface area (Å²) in [6.45, 7) is 8.11. The summed E-state index contributed by atoms with van der Waals surface area (Å²) in [7, 11) is 0. The van der Waals surface area contributed by atoms with Crippen molar-refractivity contribution in [1.29, 1.82) is 0 Å². The topological polar surface area (TPSA) is 46.1 Å². The van der Waals surface area contributed by atoms with Crippen molar-refractivity contribution in [2.75, 3.05) is 4.90 Å². The lowest BCUT2D eigenvalue weighted by Crippen LogP contribution is -2.40. The normalized spacial score (nSPS) is 10.7. The molecule has 0 aliphatic heterocycles. The molecule has 100 valence electrons. The van der Waals surface area contributed by atoms with Crippen molar-refractivity contribution in [3.05, 3.63) is 18.0 Å². The number of carbonyl (C=O) groups is 1. The van der Waals surface area contributed by atoms with E-state index >= 15 is 0 Å². The van der Waals surface area contributed by atoms with Crippen molar-refractivity contribution >= 4 is 11.9 Å². The number of aromatic nitrogens is 2. The molecule has 0 aliphatic carbocycles. The Balaban J connectivity index is 3.11. The van der Waals surface area contributed by atoms with Crippen LogP contribution in [0, 0.1) is 0 Å². The number of hydrogen-bond donors (Lipinski definition) is 0. The van der Waals surface area contributed by atoms with Gasteiger partial charge in [-0.2, -0.15) is 0 Å². The summed E-state index contributed by atoms with van der Waals surface area (Å²) in [6.07, 6.45) is 4.91. The standard InChI is InChI=1S/C14H23N3O/c1-5-11-9-10-15-14(16-11)17(13(18)8-4)12(6-2)7-3/h9-10,12H,5-8H2,1-4H3. The van der Waals surface area contributed by atoms with Gasteiger partial charge in [-0.15, -0.1) is 0 Å². The van der Waals surface area contributed by atoms with Crippen molar-refractivity contribution in [3.63, 3.8) is 0 Å². The third-order valence-corrected chi connectivity index (χ3v) is 3.16. The molecule has 0 unspecified atom stereocenters. The Bertz CT molecular complexity index is 388. The van der Waals surface area contributed by atoms with Crippen LogP contribution in [-0.2, 0) is 11.2 Å². The van der Waals surface area contributed by atoms with Crippen LogP contribution < -0.4 is 4.90 Å². The second kappa shape index (κ2) is 7.09. The molecule has 0 aliphatic rings. The van der Waals surface area contributed by atoms with Gasteiger partial charge in [0, 0.05) is 24.4 Å². The van der Waals surface area contributed by atoms with Gasteiger partial charge in [-0.05, 0) is 25.3 Å². The van der Waals surface area contributed by atoms with Gasteiger partial charge >= 0.3 is 0 Å². The summed E-state index contributed by atoms with van der Waals surface area (Å²) >= 11 is 0. The van der Waals surface area contributed by atoms with E-state index < -0.39 is 0 Å². The molecular weight excluding hydrogens is 226 g/mol. The largest absolute Gasteiger partial charge is 0.278 e. The van der Waals surface area contributed by atoms with Crippen LogP contribution in [0.1, 0.15) is 52.7 Å². The van der Waals surface area contributed by atoms with Crippen LogP contribution in [0.5, 0.6) is 0 Å². The minimum absolute atomic E-state index is 0.0944. The van der Waals surface area contributed by atoms with E-state index in [-0.39, 0.29) is 11.9 Å². The fourth-order valence-corrected chi connectivity index (χ4v) is 2.00. The van der Waals surface area contributed by atoms with Gasteiger partial charge in [0.2, 0.25) is 11.9 Å². The molecule has 0 bridgehead atoms. The number of rotatable bonds is 6. The third-order valence-electron chi connectivity index (χ3n) is 3.16. The quantitative estimate of drug-likeness (QED) is 0.778. The fraction of sp³-hybridized carbons (Fsp3) is 0.643. The Hall–Kier alpha value is -1.45. The first-order valence-corrected chi connectivity index (χ1v) is 6.81. The van der Waals surface area contributed by atoms with E-state index in [9.17, 15) is 4.79 Å². The van der Waals surface area contributed by atoms with Crippen LogP contribution in [0.25, 0.3) is 0 Å². The van der Waals surface area contributed by atoms with Gasteiger partial charge in [0.15, 0.2) is 0 Å². The van der Waals surface area contributed by atoms with Crippen molar-refractivity contribution in [1.82, 2.24) is 9.97 Å². The first-order chi connectivity index (χ1) is 8.67. The maximum atomic E-state index is 12.1. The number of nitrogens with zero attached hydrogens (tertiary/aromatic N) is 3. The molecule has 0 fully saturated rings. The van der Waals surface area contributed by atoms with E-state index in [1.54, 1.807) is 11.1 Å². The highest BCUT2D eigenvalue weighted by Gasteiger charge is 2.23. The van der Waals surface area contributed by atoms with Gasteiger partial charge in [-0.3, -0.25) is 9.69 Å². The number of hydrogen-bond acceptors (Lipinski definition) is 3. The number of carbonyl (C=O) groups excluding carboxylic acids is 1. The van der Waals surface area contributed by atoms with Crippen molar-refractivity contribution in [2.24, 2.45) is 0 Å². The average molecular weight is 249 g/mol. The summed E-state index contributed by atoms with van der Waals surface area (Å²) in [6, 6.07) is 2.08. The molecule has 0 saturated carbocycles. The Morgan fingerprint density at radius 3 is 2.44 bits per heavy atom. The van der Waals surface area contributed by atoms with Crippen molar-refractivity contribution in [2.45, 2.75) is 59.4 Å². The van der Waals surface area contributed by atoms with E-state index in [0.29, 0.717) is 12.4 Å². The molecule has 1 rings (SSSR count). The SMILES string of the molecule is CCC(=O)N(c1nccc(CC)n1)C(CC)CC. The van der Waals surface area contributed by atoms with E-state index in [2.05, 4.69) is 30.7 Å². The number of anilines is 1. The minimum atomic E-state index is 0.0944. The first kappa shape index (κ1) is 14.6. The van der Waals surface area contributed by atoms with Gasteiger partial charge in [0.1, 0.15) is 0 Å². The molecule has 0 N–H and O–H groups in total. The summed E-state index contributed by atoms with van der Waals surface area (Å²) in [4.78, 5) is 22.6. The lowest BCUT2D eigenvalue weighted by molar-refractivity contribution is -0.118. The Kier molecular flexibility index (Phi) is 5.75. The van der Waals surface area contributed by atoms with Crippen LogP contribution >= 0.6 is 0 Å². The lowest BCUT2D eigenvalue weighted by atomic mass is 10.1. The van der Waals surface area contributed by atoms with E-state index in [4.69, 9.17) is 0 Å². The Morgan fingerprint density at radius 1 is 1.28 bits per heavy atom.